The topological polar surface area (TPSA) is 63.3 Å². The molecule has 0 unspecified atom stereocenters. The standard InChI is InChI=1S/C21H20N4OS/c1-21(15-7-3-2-4-8-15)11-14(12-21)17-13-27-20-23-22-19(25(20)24-17)16-9-5-6-10-18(16)26/h2-10,14,26H,11-13H2,1H3. The van der Waals surface area contributed by atoms with Crippen molar-refractivity contribution < 1.29 is 5.11 Å². The Morgan fingerprint density at radius 1 is 1.04 bits per heavy atom. The van der Waals surface area contributed by atoms with Gasteiger partial charge in [-0.1, -0.05) is 61.2 Å². The number of aromatic hydroxyl groups is 1. The summed E-state index contributed by atoms with van der Waals surface area (Å²) in [5.74, 6) is 2.13. The van der Waals surface area contributed by atoms with E-state index < -0.39 is 0 Å². The number of para-hydroxylation sites is 1. The zero-order valence-electron chi connectivity index (χ0n) is 15.0. The number of benzene rings is 2. The van der Waals surface area contributed by atoms with Gasteiger partial charge in [-0.2, -0.15) is 9.78 Å². The van der Waals surface area contributed by atoms with E-state index in [4.69, 9.17) is 5.10 Å². The van der Waals surface area contributed by atoms with Crippen LogP contribution in [0.2, 0.25) is 0 Å². The van der Waals surface area contributed by atoms with Gasteiger partial charge in [0.15, 0.2) is 5.82 Å². The smallest absolute Gasteiger partial charge is 0.212 e. The molecule has 6 heteroatoms. The third-order valence-electron chi connectivity index (χ3n) is 5.67. The molecule has 0 atom stereocenters. The summed E-state index contributed by atoms with van der Waals surface area (Å²) in [7, 11) is 0. The summed E-state index contributed by atoms with van der Waals surface area (Å²) in [6.07, 6.45) is 2.22. The van der Waals surface area contributed by atoms with Crippen LogP contribution in [0.3, 0.4) is 0 Å². The minimum Gasteiger partial charge on any atom is -0.507 e. The lowest BCUT2D eigenvalue weighted by molar-refractivity contribution is 0.216. The van der Waals surface area contributed by atoms with Crippen molar-refractivity contribution in [3.8, 4) is 17.1 Å². The highest BCUT2D eigenvalue weighted by molar-refractivity contribution is 7.99. The Morgan fingerprint density at radius 3 is 2.56 bits per heavy atom. The Hall–Kier alpha value is -2.60. The van der Waals surface area contributed by atoms with E-state index in [0.717, 1.165) is 23.8 Å². The first-order valence-electron chi connectivity index (χ1n) is 9.14. The maximum atomic E-state index is 10.2. The lowest BCUT2D eigenvalue weighted by Gasteiger charge is -2.46. The van der Waals surface area contributed by atoms with Crippen LogP contribution in [0.4, 0.5) is 0 Å². The highest BCUT2D eigenvalue weighted by atomic mass is 32.2. The molecule has 0 radical (unpaired) electrons. The van der Waals surface area contributed by atoms with Crippen molar-refractivity contribution in [1.82, 2.24) is 14.9 Å². The van der Waals surface area contributed by atoms with Gasteiger partial charge in [-0.15, -0.1) is 10.2 Å². The van der Waals surface area contributed by atoms with Crippen LogP contribution in [0.1, 0.15) is 25.3 Å². The maximum Gasteiger partial charge on any atom is 0.212 e. The third-order valence-corrected chi connectivity index (χ3v) is 6.62. The van der Waals surface area contributed by atoms with E-state index in [9.17, 15) is 5.11 Å². The van der Waals surface area contributed by atoms with Gasteiger partial charge in [0.25, 0.3) is 0 Å². The first-order chi connectivity index (χ1) is 13.1. The molecule has 2 aromatic carbocycles. The molecule has 1 aliphatic carbocycles. The summed E-state index contributed by atoms with van der Waals surface area (Å²) in [6.45, 7) is 2.34. The fourth-order valence-corrected chi connectivity index (χ4v) is 5.03. The van der Waals surface area contributed by atoms with Crippen molar-refractivity contribution in [2.24, 2.45) is 11.0 Å². The van der Waals surface area contributed by atoms with Gasteiger partial charge in [-0.25, -0.2) is 0 Å². The number of phenols is 1. The number of aromatic nitrogens is 3. The van der Waals surface area contributed by atoms with Crippen LogP contribution < -0.4 is 0 Å². The Balaban J connectivity index is 1.43. The van der Waals surface area contributed by atoms with Crippen molar-refractivity contribution in [3.63, 3.8) is 0 Å². The molecule has 0 bridgehead atoms. The first kappa shape index (κ1) is 16.6. The van der Waals surface area contributed by atoms with Crippen LogP contribution in [-0.4, -0.2) is 31.4 Å². The molecule has 27 heavy (non-hydrogen) atoms. The number of nitrogens with zero attached hydrogens (tertiary/aromatic N) is 4. The van der Waals surface area contributed by atoms with E-state index in [1.807, 2.05) is 12.1 Å². The highest BCUT2D eigenvalue weighted by Gasteiger charge is 2.44. The van der Waals surface area contributed by atoms with Crippen molar-refractivity contribution in [2.75, 3.05) is 5.75 Å². The van der Waals surface area contributed by atoms with Crippen LogP contribution in [0.15, 0.2) is 64.9 Å². The Labute approximate surface area is 162 Å². The summed E-state index contributed by atoms with van der Waals surface area (Å²) >= 11 is 1.67. The minimum atomic E-state index is 0.195. The van der Waals surface area contributed by atoms with Gasteiger partial charge in [0, 0.05) is 11.7 Å². The van der Waals surface area contributed by atoms with Gasteiger partial charge in [0.05, 0.1) is 11.3 Å². The molecule has 1 saturated carbocycles. The molecule has 5 rings (SSSR count). The van der Waals surface area contributed by atoms with Gasteiger partial charge in [-0.3, -0.25) is 0 Å². The fourth-order valence-electron chi connectivity index (χ4n) is 4.11. The zero-order chi connectivity index (χ0) is 18.4. The fraction of sp³-hybridized carbons (Fsp3) is 0.286. The molecular formula is C21H20N4OS. The molecule has 1 aromatic heterocycles. The second-order valence-corrected chi connectivity index (χ2v) is 8.49. The van der Waals surface area contributed by atoms with Gasteiger partial charge < -0.3 is 5.11 Å². The molecule has 0 amide bonds. The molecule has 5 nitrogen and oxygen atoms in total. The van der Waals surface area contributed by atoms with Crippen molar-refractivity contribution in [3.05, 3.63) is 60.2 Å². The van der Waals surface area contributed by atoms with Gasteiger partial charge in [-0.05, 0) is 36.0 Å². The molecule has 1 fully saturated rings. The van der Waals surface area contributed by atoms with Crippen LogP contribution in [0.25, 0.3) is 11.4 Å². The maximum absolute atomic E-state index is 10.2. The Kier molecular flexibility index (Phi) is 3.82. The molecule has 2 aliphatic rings. The predicted octanol–water partition coefficient (Wildman–Crippen LogP) is 4.33. The molecule has 136 valence electrons. The summed E-state index contributed by atoms with van der Waals surface area (Å²) in [5.41, 5.74) is 3.49. The van der Waals surface area contributed by atoms with Crippen molar-refractivity contribution in [2.45, 2.75) is 30.3 Å². The quantitative estimate of drug-likeness (QED) is 0.739. The lowest BCUT2D eigenvalue weighted by Crippen LogP contribution is -2.43. The number of fused-ring (bicyclic) bond motifs is 1. The number of hydrogen-bond acceptors (Lipinski definition) is 5. The highest BCUT2D eigenvalue weighted by Crippen LogP contribution is 2.49. The minimum absolute atomic E-state index is 0.195. The van der Waals surface area contributed by atoms with Crippen molar-refractivity contribution >= 4 is 17.5 Å². The molecule has 2 heterocycles. The molecule has 0 spiro atoms. The lowest BCUT2D eigenvalue weighted by atomic mass is 9.58. The van der Waals surface area contributed by atoms with E-state index in [1.54, 1.807) is 28.6 Å². The number of thioether (sulfide) groups is 1. The van der Waals surface area contributed by atoms with Crippen LogP contribution in [-0.2, 0) is 5.41 Å². The van der Waals surface area contributed by atoms with Crippen molar-refractivity contribution in [1.29, 1.82) is 0 Å². The SMILES string of the molecule is CC1(c2ccccc2)CC(C2=Nn3c(nnc3-c3ccccc3O)SC2)C1. The van der Waals surface area contributed by atoms with Gasteiger partial charge in [0.1, 0.15) is 5.75 Å². The van der Waals surface area contributed by atoms with Gasteiger partial charge in [0.2, 0.25) is 5.16 Å². The second kappa shape index (κ2) is 6.23. The average molecular weight is 376 g/mol. The molecule has 1 aliphatic heterocycles. The van der Waals surface area contributed by atoms with Crippen LogP contribution in [0, 0.1) is 5.92 Å². The van der Waals surface area contributed by atoms with E-state index >= 15 is 0 Å². The van der Waals surface area contributed by atoms with E-state index in [1.165, 1.54) is 11.3 Å². The summed E-state index contributed by atoms with van der Waals surface area (Å²) in [5, 5.41) is 24.3. The first-order valence-corrected chi connectivity index (χ1v) is 10.1. The number of phenolic OH excluding ortho intramolecular Hbond substituents is 1. The second-order valence-electron chi connectivity index (χ2n) is 7.55. The molecule has 0 saturated heterocycles. The van der Waals surface area contributed by atoms with Crippen LogP contribution in [0.5, 0.6) is 5.75 Å². The Morgan fingerprint density at radius 2 is 1.78 bits per heavy atom. The summed E-state index contributed by atoms with van der Waals surface area (Å²) in [4.78, 5) is 0. The predicted molar refractivity (Wildman–Crippen MR) is 107 cm³/mol. The Bertz CT molecular complexity index is 1020. The normalized spacial score (nSPS) is 24.0. The molecular weight excluding hydrogens is 356 g/mol. The third kappa shape index (κ3) is 2.75. The number of hydrogen-bond donors (Lipinski definition) is 1. The zero-order valence-corrected chi connectivity index (χ0v) is 15.9. The van der Waals surface area contributed by atoms with Crippen LogP contribution >= 0.6 is 11.8 Å². The molecule has 3 aromatic rings. The van der Waals surface area contributed by atoms with Gasteiger partial charge >= 0.3 is 0 Å². The summed E-state index contributed by atoms with van der Waals surface area (Å²) < 4.78 is 1.79. The van der Waals surface area contributed by atoms with E-state index in [0.29, 0.717) is 17.3 Å². The monoisotopic (exact) mass is 376 g/mol. The molecule has 1 N–H and O–H groups in total. The average Bonchev–Trinajstić information content (AvgIpc) is 3.09. The number of rotatable bonds is 3. The summed E-state index contributed by atoms with van der Waals surface area (Å²) in [6, 6.07) is 17.9. The largest absolute Gasteiger partial charge is 0.507 e. The van der Waals surface area contributed by atoms with E-state index in [-0.39, 0.29) is 11.2 Å². The van der Waals surface area contributed by atoms with E-state index in [2.05, 4.69) is 47.5 Å².